The van der Waals surface area contributed by atoms with Crippen LogP contribution in [0.15, 0.2) is 0 Å². The number of rotatable bonds is 6. The normalized spacial score (nSPS) is 27.0. The van der Waals surface area contributed by atoms with Crippen LogP contribution >= 0.6 is 0 Å². The molecule has 0 aromatic carbocycles. The highest BCUT2D eigenvalue weighted by molar-refractivity contribution is 4.90. The Labute approximate surface area is 107 Å². The van der Waals surface area contributed by atoms with E-state index >= 15 is 0 Å². The fraction of sp³-hybridized carbons (Fsp3) is 1.00. The van der Waals surface area contributed by atoms with Crippen molar-refractivity contribution < 1.29 is 0 Å². The summed E-state index contributed by atoms with van der Waals surface area (Å²) in [5.41, 5.74) is 0.629. The molecule has 0 bridgehead atoms. The van der Waals surface area contributed by atoms with E-state index in [0.717, 1.165) is 18.5 Å². The predicted molar refractivity (Wildman–Crippen MR) is 74.3 cm³/mol. The van der Waals surface area contributed by atoms with E-state index < -0.39 is 0 Å². The highest BCUT2D eigenvalue weighted by Crippen LogP contribution is 2.36. The first-order valence-electron chi connectivity index (χ1n) is 7.62. The van der Waals surface area contributed by atoms with Crippen molar-refractivity contribution in [1.29, 1.82) is 0 Å². The molecule has 1 saturated carbocycles. The van der Waals surface area contributed by atoms with Crippen LogP contribution in [0.2, 0.25) is 0 Å². The Morgan fingerprint density at radius 3 is 2.35 bits per heavy atom. The molecule has 2 heteroatoms. The minimum absolute atomic E-state index is 0.629. The van der Waals surface area contributed by atoms with E-state index in [1.165, 1.54) is 51.7 Å². The quantitative estimate of drug-likeness (QED) is 0.765. The third-order valence-corrected chi connectivity index (χ3v) is 5.03. The van der Waals surface area contributed by atoms with Gasteiger partial charge in [0.1, 0.15) is 0 Å². The largest absolute Gasteiger partial charge is 0.313 e. The molecule has 0 aromatic heterocycles. The molecule has 0 radical (unpaired) electrons. The Hall–Kier alpha value is -0.0800. The van der Waals surface area contributed by atoms with Crippen LogP contribution in [0.5, 0.6) is 0 Å². The molecule has 2 fully saturated rings. The summed E-state index contributed by atoms with van der Waals surface area (Å²) in [4.78, 5) is 2.70. The van der Waals surface area contributed by atoms with Gasteiger partial charge in [-0.15, -0.1) is 0 Å². The molecule has 1 aliphatic heterocycles. The highest BCUT2D eigenvalue weighted by atomic mass is 15.2. The van der Waals surface area contributed by atoms with E-state index in [0.29, 0.717) is 5.41 Å². The van der Waals surface area contributed by atoms with Crippen LogP contribution in [-0.2, 0) is 0 Å². The van der Waals surface area contributed by atoms with E-state index in [4.69, 9.17) is 0 Å². The molecule has 1 aliphatic carbocycles. The van der Waals surface area contributed by atoms with Crippen LogP contribution in [0.3, 0.4) is 0 Å². The molecule has 0 spiro atoms. The first kappa shape index (κ1) is 13.4. The van der Waals surface area contributed by atoms with E-state index in [-0.39, 0.29) is 0 Å². The van der Waals surface area contributed by atoms with Crippen LogP contribution in [0.25, 0.3) is 0 Å². The van der Waals surface area contributed by atoms with Gasteiger partial charge in [0, 0.05) is 12.6 Å². The lowest BCUT2D eigenvalue weighted by Gasteiger charge is -2.40. The van der Waals surface area contributed by atoms with Gasteiger partial charge in [-0.1, -0.05) is 27.2 Å². The standard InChI is InChI=1S/C15H30N2/c1-4-15(3)8-10-17(11-9-15)12-14(16-5-2)13-6-7-13/h13-14,16H,4-12H2,1-3H3. The van der Waals surface area contributed by atoms with Gasteiger partial charge in [0.15, 0.2) is 0 Å². The monoisotopic (exact) mass is 238 g/mol. The topological polar surface area (TPSA) is 15.3 Å². The molecule has 1 saturated heterocycles. The van der Waals surface area contributed by atoms with E-state index in [1.807, 2.05) is 0 Å². The molecule has 2 aliphatic rings. The van der Waals surface area contributed by atoms with Crippen LogP contribution < -0.4 is 5.32 Å². The van der Waals surface area contributed by atoms with Crippen LogP contribution in [-0.4, -0.2) is 37.1 Å². The van der Waals surface area contributed by atoms with Crippen molar-refractivity contribution in [3.05, 3.63) is 0 Å². The highest BCUT2D eigenvalue weighted by Gasteiger charge is 2.34. The zero-order valence-corrected chi connectivity index (χ0v) is 12.0. The first-order chi connectivity index (χ1) is 8.17. The lowest BCUT2D eigenvalue weighted by molar-refractivity contribution is 0.104. The van der Waals surface area contributed by atoms with Gasteiger partial charge in [-0.2, -0.15) is 0 Å². The first-order valence-corrected chi connectivity index (χ1v) is 7.62. The van der Waals surface area contributed by atoms with Crippen LogP contribution in [0, 0.1) is 11.3 Å². The summed E-state index contributed by atoms with van der Waals surface area (Å²) in [5.74, 6) is 0.981. The van der Waals surface area contributed by atoms with Gasteiger partial charge in [-0.05, 0) is 56.7 Å². The van der Waals surface area contributed by atoms with Crippen molar-refractivity contribution in [3.8, 4) is 0 Å². The molecule has 1 N–H and O–H groups in total. The minimum Gasteiger partial charge on any atom is -0.313 e. The fourth-order valence-corrected chi connectivity index (χ4v) is 3.05. The number of hydrogen-bond donors (Lipinski definition) is 1. The van der Waals surface area contributed by atoms with Gasteiger partial charge >= 0.3 is 0 Å². The number of likely N-dealkylation sites (N-methyl/N-ethyl adjacent to an activating group) is 1. The van der Waals surface area contributed by atoms with Crippen molar-refractivity contribution in [2.45, 2.75) is 58.9 Å². The maximum absolute atomic E-state index is 3.68. The zero-order valence-electron chi connectivity index (χ0n) is 12.0. The van der Waals surface area contributed by atoms with Gasteiger partial charge in [-0.25, -0.2) is 0 Å². The molecule has 1 unspecified atom stereocenters. The SMILES string of the molecule is CCNC(CN1CCC(C)(CC)CC1)C1CC1. The summed E-state index contributed by atoms with van der Waals surface area (Å²) in [7, 11) is 0. The van der Waals surface area contributed by atoms with Crippen LogP contribution in [0.1, 0.15) is 52.9 Å². The van der Waals surface area contributed by atoms with Crippen molar-refractivity contribution in [2.24, 2.45) is 11.3 Å². The molecule has 2 nitrogen and oxygen atoms in total. The third kappa shape index (κ3) is 3.69. The predicted octanol–water partition coefficient (Wildman–Crippen LogP) is 2.89. The summed E-state index contributed by atoms with van der Waals surface area (Å²) < 4.78 is 0. The molecular formula is C15H30N2. The van der Waals surface area contributed by atoms with Gasteiger partial charge in [0.2, 0.25) is 0 Å². The van der Waals surface area contributed by atoms with Crippen molar-refractivity contribution in [3.63, 3.8) is 0 Å². The van der Waals surface area contributed by atoms with Crippen LogP contribution in [0.4, 0.5) is 0 Å². The average molecular weight is 238 g/mol. The summed E-state index contributed by atoms with van der Waals surface area (Å²) in [5, 5.41) is 3.68. The Kier molecular flexibility index (Phi) is 4.48. The number of hydrogen-bond acceptors (Lipinski definition) is 2. The minimum atomic E-state index is 0.629. The second-order valence-corrected chi connectivity index (χ2v) is 6.47. The van der Waals surface area contributed by atoms with E-state index in [2.05, 4.69) is 31.0 Å². The molecular weight excluding hydrogens is 208 g/mol. The molecule has 2 rings (SSSR count). The Bertz CT molecular complexity index is 227. The molecule has 1 atom stereocenters. The zero-order chi connectivity index (χ0) is 12.3. The van der Waals surface area contributed by atoms with E-state index in [9.17, 15) is 0 Å². The molecule has 0 aromatic rings. The van der Waals surface area contributed by atoms with Gasteiger partial charge in [-0.3, -0.25) is 0 Å². The second kappa shape index (κ2) is 5.71. The number of likely N-dealkylation sites (tertiary alicyclic amines) is 1. The Morgan fingerprint density at radius 2 is 1.88 bits per heavy atom. The lowest BCUT2D eigenvalue weighted by atomic mass is 9.78. The maximum Gasteiger partial charge on any atom is 0.0223 e. The van der Waals surface area contributed by atoms with Gasteiger partial charge in [0.25, 0.3) is 0 Å². The number of nitrogens with one attached hydrogen (secondary N) is 1. The maximum atomic E-state index is 3.68. The smallest absolute Gasteiger partial charge is 0.0223 e. The Morgan fingerprint density at radius 1 is 1.24 bits per heavy atom. The van der Waals surface area contributed by atoms with Crippen molar-refractivity contribution >= 4 is 0 Å². The lowest BCUT2D eigenvalue weighted by Crippen LogP contribution is -2.46. The Balaban J connectivity index is 1.76. The second-order valence-electron chi connectivity index (χ2n) is 6.47. The number of nitrogens with zero attached hydrogens (tertiary/aromatic N) is 1. The average Bonchev–Trinajstić information content (AvgIpc) is 3.16. The van der Waals surface area contributed by atoms with Crippen molar-refractivity contribution in [2.75, 3.05) is 26.2 Å². The molecule has 100 valence electrons. The molecule has 0 amide bonds. The summed E-state index contributed by atoms with van der Waals surface area (Å²) in [6.45, 7) is 12.1. The molecule has 1 heterocycles. The molecule has 17 heavy (non-hydrogen) atoms. The fourth-order valence-electron chi connectivity index (χ4n) is 3.05. The summed E-state index contributed by atoms with van der Waals surface area (Å²) in [6, 6.07) is 0.769. The summed E-state index contributed by atoms with van der Waals surface area (Å²) in [6.07, 6.45) is 7.05. The third-order valence-electron chi connectivity index (χ3n) is 5.03. The van der Waals surface area contributed by atoms with E-state index in [1.54, 1.807) is 0 Å². The van der Waals surface area contributed by atoms with Gasteiger partial charge in [0.05, 0.1) is 0 Å². The number of piperidine rings is 1. The van der Waals surface area contributed by atoms with Crippen molar-refractivity contribution in [1.82, 2.24) is 10.2 Å². The van der Waals surface area contributed by atoms with Gasteiger partial charge < -0.3 is 10.2 Å². The summed E-state index contributed by atoms with van der Waals surface area (Å²) >= 11 is 0.